The highest BCUT2D eigenvalue weighted by molar-refractivity contribution is 5.03. The van der Waals surface area contributed by atoms with Crippen molar-refractivity contribution in [2.45, 2.75) is 32.7 Å². The minimum atomic E-state index is 0.524. The molecule has 1 aliphatic heterocycles. The van der Waals surface area contributed by atoms with E-state index in [1.807, 2.05) is 0 Å². The molecule has 1 atom stereocenters. The van der Waals surface area contributed by atoms with Gasteiger partial charge in [-0.15, -0.1) is 0 Å². The van der Waals surface area contributed by atoms with Crippen LogP contribution in [0, 0.1) is 5.92 Å². The Morgan fingerprint density at radius 3 is 3.07 bits per heavy atom. The second-order valence-electron chi connectivity index (χ2n) is 4.35. The van der Waals surface area contributed by atoms with Gasteiger partial charge in [0, 0.05) is 25.3 Å². The molecular weight excluding hydrogens is 176 g/mol. The van der Waals surface area contributed by atoms with Gasteiger partial charge in [0.05, 0.1) is 12.3 Å². The van der Waals surface area contributed by atoms with Crippen LogP contribution in [-0.4, -0.2) is 23.0 Å². The van der Waals surface area contributed by atoms with Gasteiger partial charge in [-0.2, -0.15) is 5.10 Å². The maximum atomic E-state index is 5.34. The number of hydrogen-bond donors (Lipinski definition) is 0. The Morgan fingerprint density at radius 1 is 1.64 bits per heavy atom. The number of hydrogen-bond acceptors (Lipinski definition) is 2. The maximum absolute atomic E-state index is 5.34. The normalized spacial score (nSPS) is 22.1. The first kappa shape index (κ1) is 9.71. The van der Waals surface area contributed by atoms with Crippen LogP contribution in [0.25, 0.3) is 0 Å². The molecule has 3 nitrogen and oxygen atoms in total. The van der Waals surface area contributed by atoms with Crippen LogP contribution in [0.3, 0.4) is 0 Å². The van der Waals surface area contributed by atoms with Crippen molar-refractivity contribution in [2.75, 3.05) is 13.2 Å². The summed E-state index contributed by atoms with van der Waals surface area (Å²) in [6.07, 6.45) is 3.25. The lowest BCUT2D eigenvalue weighted by Crippen LogP contribution is -2.11. The van der Waals surface area contributed by atoms with Crippen LogP contribution in [0.4, 0.5) is 0 Å². The first-order valence-corrected chi connectivity index (χ1v) is 5.37. The van der Waals surface area contributed by atoms with Gasteiger partial charge in [0.1, 0.15) is 0 Å². The molecule has 1 aromatic heterocycles. The number of ether oxygens (including phenoxy) is 1. The SMILES string of the molecule is CC(C)c1ccn(C[C@H]2CCOC2)n1. The zero-order valence-electron chi connectivity index (χ0n) is 8.94. The molecule has 0 N–H and O–H groups in total. The van der Waals surface area contributed by atoms with Gasteiger partial charge in [0.25, 0.3) is 0 Å². The summed E-state index contributed by atoms with van der Waals surface area (Å²) in [5, 5.41) is 4.53. The van der Waals surface area contributed by atoms with Crippen molar-refractivity contribution >= 4 is 0 Å². The fourth-order valence-corrected chi connectivity index (χ4v) is 1.78. The molecule has 0 saturated carbocycles. The molecule has 0 radical (unpaired) electrons. The molecule has 0 spiro atoms. The van der Waals surface area contributed by atoms with E-state index in [9.17, 15) is 0 Å². The van der Waals surface area contributed by atoms with E-state index in [1.54, 1.807) is 0 Å². The standard InChI is InChI=1S/C11H18N2O/c1-9(2)11-3-5-13(12-11)7-10-4-6-14-8-10/h3,5,9-10H,4,6-8H2,1-2H3/t10-/m1/s1. The topological polar surface area (TPSA) is 27.1 Å². The molecule has 1 saturated heterocycles. The van der Waals surface area contributed by atoms with Crippen molar-refractivity contribution in [3.63, 3.8) is 0 Å². The quantitative estimate of drug-likeness (QED) is 0.736. The predicted octanol–water partition coefficient (Wildman–Crippen LogP) is 2.04. The van der Waals surface area contributed by atoms with Gasteiger partial charge in [0.2, 0.25) is 0 Å². The lowest BCUT2D eigenvalue weighted by atomic mass is 10.1. The summed E-state index contributed by atoms with van der Waals surface area (Å²) in [7, 11) is 0. The van der Waals surface area contributed by atoms with Crippen molar-refractivity contribution in [1.82, 2.24) is 9.78 Å². The number of aromatic nitrogens is 2. The Bertz CT molecular complexity index is 287. The van der Waals surface area contributed by atoms with E-state index in [0.717, 1.165) is 19.8 Å². The summed E-state index contributed by atoms with van der Waals surface area (Å²) in [6, 6.07) is 2.11. The van der Waals surface area contributed by atoms with Gasteiger partial charge in [-0.1, -0.05) is 13.8 Å². The lowest BCUT2D eigenvalue weighted by Gasteiger charge is -2.07. The third kappa shape index (κ3) is 2.15. The molecule has 0 aliphatic carbocycles. The fraction of sp³-hybridized carbons (Fsp3) is 0.727. The highest BCUT2D eigenvalue weighted by Gasteiger charge is 2.16. The molecule has 0 unspecified atom stereocenters. The zero-order chi connectivity index (χ0) is 9.97. The van der Waals surface area contributed by atoms with E-state index in [2.05, 4.69) is 35.9 Å². The maximum Gasteiger partial charge on any atom is 0.0649 e. The minimum Gasteiger partial charge on any atom is -0.381 e. The molecule has 1 aliphatic rings. The van der Waals surface area contributed by atoms with Crippen LogP contribution in [0.5, 0.6) is 0 Å². The van der Waals surface area contributed by atoms with Gasteiger partial charge in [-0.3, -0.25) is 4.68 Å². The third-order valence-corrected chi connectivity index (χ3v) is 2.72. The molecule has 1 fully saturated rings. The van der Waals surface area contributed by atoms with Crippen LogP contribution in [-0.2, 0) is 11.3 Å². The van der Waals surface area contributed by atoms with Gasteiger partial charge >= 0.3 is 0 Å². The van der Waals surface area contributed by atoms with Gasteiger partial charge < -0.3 is 4.74 Å². The molecule has 14 heavy (non-hydrogen) atoms. The van der Waals surface area contributed by atoms with E-state index in [0.29, 0.717) is 11.8 Å². The van der Waals surface area contributed by atoms with Crippen LogP contribution >= 0.6 is 0 Å². The average Bonchev–Trinajstić information content (AvgIpc) is 2.75. The van der Waals surface area contributed by atoms with Crippen LogP contribution in [0.1, 0.15) is 31.9 Å². The van der Waals surface area contributed by atoms with E-state index in [-0.39, 0.29) is 0 Å². The molecule has 2 heterocycles. The smallest absolute Gasteiger partial charge is 0.0649 e. The molecule has 0 aromatic carbocycles. The molecule has 3 heteroatoms. The first-order valence-electron chi connectivity index (χ1n) is 5.37. The van der Waals surface area contributed by atoms with Crippen LogP contribution < -0.4 is 0 Å². The Kier molecular flexibility index (Phi) is 2.87. The Balaban J connectivity index is 1.95. The average molecular weight is 194 g/mol. The molecule has 2 rings (SSSR count). The Morgan fingerprint density at radius 2 is 2.50 bits per heavy atom. The van der Waals surface area contributed by atoms with Crippen LogP contribution in [0.2, 0.25) is 0 Å². The monoisotopic (exact) mass is 194 g/mol. The van der Waals surface area contributed by atoms with Crippen molar-refractivity contribution < 1.29 is 4.74 Å². The van der Waals surface area contributed by atoms with Crippen molar-refractivity contribution in [3.8, 4) is 0 Å². The van der Waals surface area contributed by atoms with E-state index < -0.39 is 0 Å². The van der Waals surface area contributed by atoms with Crippen molar-refractivity contribution in [1.29, 1.82) is 0 Å². The van der Waals surface area contributed by atoms with E-state index >= 15 is 0 Å². The predicted molar refractivity (Wildman–Crippen MR) is 55.2 cm³/mol. The summed E-state index contributed by atoms with van der Waals surface area (Å²) >= 11 is 0. The fourth-order valence-electron chi connectivity index (χ4n) is 1.78. The third-order valence-electron chi connectivity index (χ3n) is 2.72. The molecule has 1 aromatic rings. The highest BCUT2D eigenvalue weighted by Crippen LogP contribution is 2.16. The van der Waals surface area contributed by atoms with Crippen LogP contribution in [0.15, 0.2) is 12.3 Å². The lowest BCUT2D eigenvalue weighted by molar-refractivity contribution is 0.181. The molecule has 78 valence electrons. The van der Waals surface area contributed by atoms with Gasteiger partial charge in [0.15, 0.2) is 0 Å². The Labute approximate surface area is 85.1 Å². The zero-order valence-corrected chi connectivity index (χ0v) is 8.94. The molecule has 0 amide bonds. The highest BCUT2D eigenvalue weighted by atomic mass is 16.5. The van der Waals surface area contributed by atoms with Gasteiger partial charge in [-0.25, -0.2) is 0 Å². The summed E-state index contributed by atoms with van der Waals surface area (Å²) in [4.78, 5) is 0. The summed E-state index contributed by atoms with van der Waals surface area (Å²) in [5.74, 6) is 1.19. The minimum absolute atomic E-state index is 0.524. The van der Waals surface area contributed by atoms with Crippen molar-refractivity contribution in [2.24, 2.45) is 5.92 Å². The first-order chi connectivity index (χ1) is 6.75. The number of rotatable bonds is 3. The van der Waals surface area contributed by atoms with Gasteiger partial charge in [-0.05, 0) is 18.4 Å². The summed E-state index contributed by atoms with van der Waals surface area (Å²) < 4.78 is 7.39. The molecule has 0 bridgehead atoms. The summed E-state index contributed by atoms with van der Waals surface area (Å²) in [5.41, 5.74) is 1.18. The van der Waals surface area contributed by atoms with Crippen molar-refractivity contribution in [3.05, 3.63) is 18.0 Å². The molecular formula is C11H18N2O. The van der Waals surface area contributed by atoms with E-state index in [4.69, 9.17) is 4.74 Å². The largest absolute Gasteiger partial charge is 0.381 e. The number of nitrogens with zero attached hydrogens (tertiary/aromatic N) is 2. The second kappa shape index (κ2) is 4.13. The Hall–Kier alpha value is -0.830. The summed E-state index contributed by atoms with van der Waals surface area (Å²) in [6.45, 7) is 7.17. The second-order valence-corrected chi connectivity index (χ2v) is 4.35. The van der Waals surface area contributed by atoms with E-state index in [1.165, 1.54) is 12.1 Å².